The molecule has 28 heavy (non-hydrogen) atoms. The number of nitrogens with zero attached hydrogens (tertiary/aromatic N) is 1. The molecule has 2 aromatic rings. The second kappa shape index (κ2) is 6.78. The summed E-state index contributed by atoms with van der Waals surface area (Å²) in [5, 5.41) is 11.1. The summed E-state index contributed by atoms with van der Waals surface area (Å²) in [5.41, 5.74) is 4.55. The van der Waals surface area contributed by atoms with Gasteiger partial charge in [-0.25, -0.2) is 0 Å². The van der Waals surface area contributed by atoms with E-state index < -0.39 is 0 Å². The largest absolute Gasteiger partial charge is 0.504 e. The Morgan fingerprint density at radius 1 is 0.929 bits per heavy atom. The first-order valence-corrected chi connectivity index (χ1v) is 9.51. The van der Waals surface area contributed by atoms with E-state index >= 15 is 0 Å². The molecule has 0 fully saturated rings. The van der Waals surface area contributed by atoms with Crippen molar-refractivity contribution >= 4 is 0 Å². The van der Waals surface area contributed by atoms with Gasteiger partial charge in [0.1, 0.15) is 12.6 Å². The zero-order valence-electron chi connectivity index (χ0n) is 17.2. The number of likely N-dealkylation sites (N-methyl/N-ethyl adjacent to an activating group) is 1. The molecule has 2 aromatic carbocycles. The van der Waals surface area contributed by atoms with Gasteiger partial charge in [0.05, 0.1) is 53.2 Å². The van der Waals surface area contributed by atoms with E-state index in [9.17, 15) is 5.11 Å². The number of phenolic OH excluding ortho intramolecular Hbond substituents is 1. The van der Waals surface area contributed by atoms with E-state index in [4.69, 9.17) is 18.9 Å². The van der Waals surface area contributed by atoms with Crippen LogP contribution in [0, 0.1) is 0 Å². The SMILES string of the molecule is COc1cc2c(c(O)c1OC)C1Cc3ccc(OC)c(OC)c3C[N+]1(C)CC2. The van der Waals surface area contributed by atoms with E-state index in [1.807, 2.05) is 12.1 Å². The van der Waals surface area contributed by atoms with E-state index in [0.29, 0.717) is 11.5 Å². The van der Waals surface area contributed by atoms with E-state index in [1.54, 1.807) is 28.4 Å². The topological polar surface area (TPSA) is 57.2 Å². The summed E-state index contributed by atoms with van der Waals surface area (Å²) in [7, 11) is 8.78. The van der Waals surface area contributed by atoms with Crippen LogP contribution in [-0.4, -0.2) is 51.6 Å². The van der Waals surface area contributed by atoms with Crippen LogP contribution in [0.25, 0.3) is 0 Å². The van der Waals surface area contributed by atoms with Crippen LogP contribution < -0.4 is 18.9 Å². The van der Waals surface area contributed by atoms with Crippen molar-refractivity contribution in [2.75, 3.05) is 42.0 Å². The summed E-state index contributed by atoms with van der Waals surface area (Å²) in [4.78, 5) is 0. The number of ether oxygens (including phenoxy) is 4. The molecule has 150 valence electrons. The summed E-state index contributed by atoms with van der Waals surface area (Å²) in [5.74, 6) is 2.78. The van der Waals surface area contributed by atoms with Crippen LogP contribution in [0.2, 0.25) is 0 Å². The number of fused-ring (bicyclic) bond motifs is 4. The Balaban J connectivity index is 1.87. The molecule has 2 heterocycles. The molecule has 0 spiro atoms. The Morgan fingerprint density at radius 2 is 1.64 bits per heavy atom. The van der Waals surface area contributed by atoms with Crippen LogP contribution >= 0.6 is 0 Å². The third-order valence-electron chi connectivity index (χ3n) is 6.42. The zero-order valence-corrected chi connectivity index (χ0v) is 17.2. The van der Waals surface area contributed by atoms with Crippen LogP contribution in [-0.2, 0) is 19.4 Å². The van der Waals surface area contributed by atoms with Crippen molar-refractivity contribution in [3.63, 3.8) is 0 Å². The van der Waals surface area contributed by atoms with Gasteiger partial charge in [-0.1, -0.05) is 6.07 Å². The fourth-order valence-corrected chi connectivity index (χ4v) is 4.94. The van der Waals surface area contributed by atoms with Gasteiger partial charge in [0.15, 0.2) is 23.0 Å². The van der Waals surface area contributed by atoms with Crippen LogP contribution in [0.5, 0.6) is 28.7 Å². The average molecular weight is 386 g/mol. The first kappa shape index (κ1) is 18.7. The Bertz CT molecular complexity index is 926. The molecule has 0 radical (unpaired) electrons. The third-order valence-corrected chi connectivity index (χ3v) is 6.42. The molecule has 2 aliphatic rings. The van der Waals surface area contributed by atoms with Gasteiger partial charge in [-0.2, -0.15) is 0 Å². The van der Waals surface area contributed by atoms with Crippen molar-refractivity contribution in [2.24, 2.45) is 0 Å². The molecule has 0 bridgehead atoms. The molecule has 6 heteroatoms. The fourth-order valence-electron chi connectivity index (χ4n) is 4.94. The number of hydrogen-bond donors (Lipinski definition) is 1. The molecule has 0 aliphatic carbocycles. The fraction of sp³-hybridized carbons (Fsp3) is 0.455. The highest BCUT2D eigenvalue weighted by Crippen LogP contribution is 2.53. The molecule has 0 amide bonds. The second-order valence-electron chi connectivity index (χ2n) is 7.80. The van der Waals surface area contributed by atoms with Gasteiger partial charge < -0.3 is 28.5 Å². The molecule has 2 atom stereocenters. The zero-order chi connectivity index (χ0) is 20.1. The van der Waals surface area contributed by atoms with Gasteiger partial charge in [0.2, 0.25) is 5.75 Å². The lowest BCUT2D eigenvalue weighted by molar-refractivity contribution is -0.956. The number of hydrogen-bond acceptors (Lipinski definition) is 5. The standard InChI is InChI=1S/C22H27NO5/c1-23-9-8-14-11-18(26-3)22(28-5)20(24)19(14)16(23)10-13-6-7-17(25-2)21(27-4)15(13)12-23/h6-7,11,16H,8-10,12H2,1-5H3/p+1. The predicted molar refractivity (Wildman–Crippen MR) is 106 cm³/mol. The van der Waals surface area contributed by atoms with Crippen molar-refractivity contribution in [3.8, 4) is 28.7 Å². The number of rotatable bonds is 4. The number of methoxy groups -OCH3 is 4. The summed E-state index contributed by atoms with van der Waals surface area (Å²) >= 11 is 0. The minimum Gasteiger partial charge on any atom is -0.504 e. The molecule has 0 saturated carbocycles. The predicted octanol–water partition coefficient (Wildman–Crippen LogP) is 3.23. The Hall–Kier alpha value is -2.60. The summed E-state index contributed by atoms with van der Waals surface area (Å²) in [6, 6.07) is 6.24. The number of phenols is 1. The number of quaternary nitrogens is 1. The third kappa shape index (κ3) is 2.58. The monoisotopic (exact) mass is 386 g/mol. The molecule has 2 aliphatic heterocycles. The first-order valence-electron chi connectivity index (χ1n) is 9.51. The average Bonchev–Trinajstić information content (AvgIpc) is 2.70. The number of aromatic hydroxyl groups is 1. The lowest BCUT2D eigenvalue weighted by atomic mass is 9.81. The van der Waals surface area contributed by atoms with E-state index in [2.05, 4.69) is 13.1 Å². The molecule has 4 rings (SSSR count). The second-order valence-corrected chi connectivity index (χ2v) is 7.80. The maximum Gasteiger partial charge on any atom is 0.203 e. The van der Waals surface area contributed by atoms with Crippen LogP contribution in [0.3, 0.4) is 0 Å². The smallest absolute Gasteiger partial charge is 0.203 e. The maximum atomic E-state index is 11.1. The lowest BCUT2D eigenvalue weighted by Crippen LogP contribution is -2.53. The summed E-state index contributed by atoms with van der Waals surface area (Å²) in [6.07, 6.45) is 1.69. The van der Waals surface area contributed by atoms with Crippen molar-refractivity contribution in [2.45, 2.75) is 25.4 Å². The van der Waals surface area contributed by atoms with Crippen molar-refractivity contribution in [3.05, 3.63) is 40.5 Å². The van der Waals surface area contributed by atoms with Crippen LogP contribution in [0.4, 0.5) is 0 Å². The van der Waals surface area contributed by atoms with Crippen LogP contribution in [0.1, 0.15) is 28.3 Å². The molecule has 2 unspecified atom stereocenters. The van der Waals surface area contributed by atoms with Gasteiger partial charge in [-0.05, 0) is 23.3 Å². The van der Waals surface area contributed by atoms with Gasteiger partial charge >= 0.3 is 0 Å². The Morgan fingerprint density at radius 3 is 2.29 bits per heavy atom. The Kier molecular flexibility index (Phi) is 4.54. The van der Waals surface area contributed by atoms with Crippen molar-refractivity contribution in [1.29, 1.82) is 0 Å². The minimum atomic E-state index is 0.147. The molecule has 0 aromatic heterocycles. The van der Waals surface area contributed by atoms with E-state index in [0.717, 1.165) is 53.0 Å². The summed E-state index contributed by atoms with van der Waals surface area (Å²) in [6.45, 7) is 1.81. The lowest BCUT2D eigenvalue weighted by Gasteiger charge is -2.49. The molecule has 0 saturated heterocycles. The van der Waals surface area contributed by atoms with Crippen molar-refractivity contribution < 1.29 is 28.5 Å². The van der Waals surface area contributed by atoms with Gasteiger partial charge in [0, 0.05) is 12.8 Å². The highest BCUT2D eigenvalue weighted by atomic mass is 16.5. The normalized spacial score (nSPS) is 22.5. The minimum absolute atomic E-state index is 0.147. The summed E-state index contributed by atoms with van der Waals surface area (Å²) < 4.78 is 22.9. The molecule has 6 nitrogen and oxygen atoms in total. The maximum absolute atomic E-state index is 11.1. The molecular weight excluding hydrogens is 358 g/mol. The van der Waals surface area contributed by atoms with E-state index in [-0.39, 0.29) is 11.8 Å². The van der Waals surface area contributed by atoms with Gasteiger partial charge in [0.25, 0.3) is 0 Å². The first-order chi connectivity index (χ1) is 13.5. The number of benzene rings is 2. The van der Waals surface area contributed by atoms with E-state index in [1.165, 1.54) is 11.1 Å². The molecular formula is C22H28NO5+. The van der Waals surface area contributed by atoms with Gasteiger partial charge in [-0.15, -0.1) is 0 Å². The van der Waals surface area contributed by atoms with Crippen LogP contribution in [0.15, 0.2) is 18.2 Å². The van der Waals surface area contributed by atoms with Gasteiger partial charge in [-0.3, -0.25) is 0 Å². The highest BCUT2D eigenvalue weighted by molar-refractivity contribution is 5.60. The molecule has 1 N–H and O–H groups in total. The quantitative estimate of drug-likeness (QED) is 0.818. The Labute approximate surface area is 165 Å². The van der Waals surface area contributed by atoms with Crippen molar-refractivity contribution in [1.82, 2.24) is 0 Å². The highest BCUT2D eigenvalue weighted by Gasteiger charge is 2.46.